The van der Waals surface area contributed by atoms with Crippen molar-refractivity contribution < 1.29 is 44.8 Å². The molecule has 0 heterocycles. The highest BCUT2D eigenvalue weighted by Crippen LogP contribution is 2.52. The Morgan fingerprint density at radius 1 is 1.04 bits per heavy atom. The monoisotopic (exact) mass is 422 g/mol. The molecular weight excluding hydrogens is 405 g/mol. The Morgan fingerprint density at radius 2 is 1.56 bits per heavy atom. The van der Waals surface area contributed by atoms with Gasteiger partial charge >= 0.3 is 18.0 Å². The van der Waals surface area contributed by atoms with Gasteiger partial charge in [-0.3, -0.25) is 4.21 Å². The van der Waals surface area contributed by atoms with Crippen LogP contribution in [0.15, 0.2) is 41.5 Å². The molecule has 0 aliphatic carbocycles. The molecule has 154 valence electrons. The van der Waals surface area contributed by atoms with E-state index < -0.39 is 40.2 Å². The molecule has 27 heavy (non-hydrogen) atoms. The van der Waals surface area contributed by atoms with E-state index in [9.17, 15) is 40.0 Å². The summed E-state index contributed by atoms with van der Waals surface area (Å²) in [6.07, 6.45) is -6.32. The summed E-state index contributed by atoms with van der Waals surface area (Å²) in [6.45, 7) is 2.91. The zero-order valence-electron chi connectivity index (χ0n) is 14.2. The minimum absolute atomic E-state index is 0.0394. The number of hydrogen-bond acceptors (Lipinski definition) is 3. The molecule has 0 aliphatic heterocycles. The van der Waals surface area contributed by atoms with E-state index in [-0.39, 0.29) is 17.6 Å². The predicted octanol–water partition coefficient (Wildman–Crippen LogP) is 4.22. The molecule has 0 saturated carbocycles. The van der Waals surface area contributed by atoms with E-state index >= 15 is 0 Å². The first-order chi connectivity index (χ1) is 12.2. The zero-order chi connectivity index (χ0) is 21.1. The van der Waals surface area contributed by atoms with Gasteiger partial charge in [0, 0.05) is 4.90 Å². The van der Waals surface area contributed by atoms with E-state index in [0.29, 0.717) is 11.8 Å². The first kappa shape index (κ1) is 23.4. The van der Waals surface area contributed by atoms with E-state index in [1.807, 2.05) is 0 Å². The Labute approximate surface area is 153 Å². The number of rotatable bonds is 8. The molecule has 3 nitrogen and oxygen atoms in total. The van der Waals surface area contributed by atoms with Crippen molar-refractivity contribution in [3.8, 4) is 0 Å². The van der Waals surface area contributed by atoms with Crippen LogP contribution in [0.2, 0.25) is 0 Å². The Balaban J connectivity index is 3.36. The van der Waals surface area contributed by atoms with E-state index in [2.05, 4.69) is 4.74 Å². The Bertz CT molecular complexity index is 686. The number of alkyl halides is 7. The molecule has 1 aromatic rings. The van der Waals surface area contributed by atoms with Gasteiger partial charge in [0.1, 0.15) is 0 Å². The standard InChI is InChI=1S/C16H17F7O3S/c1-3-26-9-8-13(24,14(17,18)15(19,20)16(21,22)23)10-27(25)12-6-4-11(2)5-7-12/h4-9,24H,3,10H2,1-2H3/b9-8+/t13-,27?/m1/s1. The van der Waals surface area contributed by atoms with Gasteiger partial charge in [-0.2, -0.15) is 30.7 Å². The summed E-state index contributed by atoms with van der Waals surface area (Å²) < 4.78 is 109. The third kappa shape index (κ3) is 4.81. The Hall–Kier alpha value is -1.62. The van der Waals surface area contributed by atoms with Gasteiger partial charge < -0.3 is 9.84 Å². The predicted molar refractivity (Wildman–Crippen MR) is 84.1 cm³/mol. The molecule has 1 rings (SSSR count). The fourth-order valence-electron chi connectivity index (χ4n) is 1.92. The number of benzene rings is 1. The van der Waals surface area contributed by atoms with Crippen LogP contribution in [0.1, 0.15) is 12.5 Å². The van der Waals surface area contributed by atoms with E-state index in [1.54, 1.807) is 6.92 Å². The van der Waals surface area contributed by atoms with Crippen molar-refractivity contribution in [2.75, 3.05) is 12.4 Å². The van der Waals surface area contributed by atoms with Gasteiger partial charge in [0.2, 0.25) is 0 Å². The minimum atomic E-state index is -6.64. The van der Waals surface area contributed by atoms with Crippen LogP contribution in [0.3, 0.4) is 0 Å². The molecule has 1 aromatic carbocycles. The molecule has 0 amide bonds. The lowest BCUT2D eigenvalue weighted by atomic mass is 9.92. The minimum Gasteiger partial charge on any atom is -0.502 e. The van der Waals surface area contributed by atoms with Gasteiger partial charge in [-0.05, 0) is 32.1 Å². The largest absolute Gasteiger partial charge is 0.502 e. The van der Waals surface area contributed by atoms with Gasteiger partial charge in [-0.15, -0.1) is 0 Å². The zero-order valence-corrected chi connectivity index (χ0v) is 15.0. The van der Waals surface area contributed by atoms with Crippen LogP contribution in [0.25, 0.3) is 0 Å². The van der Waals surface area contributed by atoms with Gasteiger partial charge in [-0.1, -0.05) is 17.7 Å². The summed E-state index contributed by atoms with van der Waals surface area (Å²) in [5, 5.41) is 10.1. The van der Waals surface area contributed by atoms with Crippen LogP contribution >= 0.6 is 0 Å². The first-order valence-electron chi connectivity index (χ1n) is 7.48. The summed E-state index contributed by atoms with van der Waals surface area (Å²) in [7, 11) is -2.51. The van der Waals surface area contributed by atoms with Crippen molar-refractivity contribution >= 4 is 10.8 Å². The normalized spacial score (nSPS) is 17.0. The van der Waals surface area contributed by atoms with E-state index in [0.717, 1.165) is 0 Å². The summed E-state index contributed by atoms with van der Waals surface area (Å²) in [5.41, 5.74) is -3.40. The Morgan fingerprint density at radius 3 is 2.00 bits per heavy atom. The number of ether oxygens (including phenoxy) is 1. The van der Waals surface area contributed by atoms with Crippen molar-refractivity contribution in [2.45, 2.75) is 42.4 Å². The second kappa shape index (κ2) is 8.17. The molecule has 0 saturated heterocycles. The maximum atomic E-state index is 14.2. The molecule has 0 aliphatic rings. The molecule has 11 heteroatoms. The SMILES string of the molecule is CCO/C=C/[C@@](O)(CS(=O)c1ccc(C)cc1)C(F)(F)C(F)(F)C(F)(F)F. The van der Waals surface area contributed by atoms with Crippen LogP contribution in [-0.4, -0.2) is 45.3 Å². The second-order valence-corrected chi connectivity index (χ2v) is 7.08. The first-order valence-corrected chi connectivity index (χ1v) is 8.80. The van der Waals surface area contributed by atoms with Crippen molar-refractivity contribution in [3.05, 3.63) is 42.2 Å². The molecule has 1 unspecified atom stereocenters. The second-order valence-electron chi connectivity index (χ2n) is 5.63. The number of aryl methyl sites for hydroxylation is 1. The highest BCUT2D eigenvalue weighted by Gasteiger charge is 2.79. The fourth-order valence-corrected chi connectivity index (χ4v) is 3.21. The highest BCUT2D eigenvalue weighted by atomic mass is 32.2. The van der Waals surface area contributed by atoms with Crippen LogP contribution in [-0.2, 0) is 15.5 Å². The van der Waals surface area contributed by atoms with Gasteiger partial charge in [0.15, 0.2) is 5.60 Å². The van der Waals surface area contributed by atoms with Crippen molar-refractivity contribution in [2.24, 2.45) is 0 Å². The van der Waals surface area contributed by atoms with Gasteiger partial charge in [0.25, 0.3) is 0 Å². The average molecular weight is 422 g/mol. The lowest BCUT2D eigenvalue weighted by Crippen LogP contribution is -2.65. The molecular formula is C16H17F7O3S. The smallest absolute Gasteiger partial charge is 0.460 e. The number of aliphatic hydroxyl groups is 1. The molecule has 0 fully saturated rings. The molecule has 0 bridgehead atoms. The quantitative estimate of drug-likeness (QED) is 0.504. The van der Waals surface area contributed by atoms with Gasteiger partial charge in [0.05, 0.1) is 29.4 Å². The van der Waals surface area contributed by atoms with Crippen molar-refractivity contribution in [1.29, 1.82) is 0 Å². The molecule has 1 N–H and O–H groups in total. The summed E-state index contributed by atoms with van der Waals surface area (Å²) in [5.74, 6) is -14.2. The summed E-state index contributed by atoms with van der Waals surface area (Å²) >= 11 is 0. The molecule has 2 atom stereocenters. The van der Waals surface area contributed by atoms with Crippen LogP contribution in [0.4, 0.5) is 30.7 Å². The topological polar surface area (TPSA) is 46.5 Å². The third-order valence-electron chi connectivity index (χ3n) is 3.54. The molecule has 0 aromatic heterocycles. The lowest BCUT2D eigenvalue weighted by molar-refractivity contribution is -0.379. The summed E-state index contributed by atoms with van der Waals surface area (Å²) in [4.78, 5) is -0.130. The highest BCUT2D eigenvalue weighted by molar-refractivity contribution is 7.85. The van der Waals surface area contributed by atoms with Crippen molar-refractivity contribution in [1.82, 2.24) is 0 Å². The average Bonchev–Trinajstić information content (AvgIpc) is 2.54. The third-order valence-corrected chi connectivity index (χ3v) is 5.04. The molecule has 0 radical (unpaired) electrons. The van der Waals surface area contributed by atoms with Crippen LogP contribution in [0, 0.1) is 6.92 Å². The number of hydrogen-bond donors (Lipinski definition) is 1. The lowest BCUT2D eigenvalue weighted by Gasteiger charge is -2.38. The molecule has 0 spiro atoms. The van der Waals surface area contributed by atoms with E-state index in [4.69, 9.17) is 0 Å². The van der Waals surface area contributed by atoms with Crippen LogP contribution < -0.4 is 0 Å². The Kier molecular flexibility index (Phi) is 7.09. The maximum Gasteiger partial charge on any atom is 0.460 e. The van der Waals surface area contributed by atoms with E-state index in [1.165, 1.54) is 31.2 Å². The maximum absolute atomic E-state index is 14.2. The summed E-state index contributed by atoms with van der Waals surface area (Å²) in [6, 6.07) is 5.31. The number of halogens is 7. The van der Waals surface area contributed by atoms with Crippen LogP contribution in [0.5, 0.6) is 0 Å². The fraction of sp³-hybridized carbons (Fsp3) is 0.500. The van der Waals surface area contributed by atoms with Crippen molar-refractivity contribution in [3.63, 3.8) is 0 Å². The van der Waals surface area contributed by atoms with Gasteiger partial charge in [-0.25, -0.2) is 0 Å².